The van der Waals surface area contributed by atoms with Crippen LogP contribution in [0, 0.1) is 5.82 Å². The Kier molecular flexibility index (Phi) is 4.97. The smallest absolute Gasteiger partial charge is 0.128 e. The van der Waals surface area contributed by atoms with Crippen molar-refractivity contribution in [3.63, 3.8) is 0 Å². The van der Waals surface area contributed by atoms with Crippen molar-refractivity contribution in [3.05, 3.63) is 65.5 Å². The summed E-state index contributed by atoms with van der Waals surface area (Å²) in [6.45, 7) is 4.14. The highest BCUT2D eigenvalue weighted by Crippen LogP contribution is 2.27. The lowest BCUT2D eigenvalue weighted by Gasteiger charge is -2.28. The second kappa shape index (κ2) is 6.72. The van der Waals surface area contributed by atoms with Gasteiger partial charge < -0.3 is 10.2 Å². The van der Waals surface area contributed by atoms with Crippen molar-refractivity contribution in [1.82, 2.24) is 5.32 Å². The summed E-state index contributed by atoms with van der Waals surface area (Å²) < 4.78 is 13.9. The molecule has 2 nitrogen and oxygen atoms in total. The largest absolute Gasteiger partial charge is 0.368 e. The zero-order valence-electron chi connectivity index (χ0n) is 13.1. The molecule has 0 aliphatic carbocycles. The van der Waals surface area contributed by atoms with Gasteiger partial charge in [0.25, 0.3) is 0 Å². The lowest BCUT2D eigenvalue weighted by Crippen LogP contribution is -2.22. The highest BCUT2D eigenvalue weighted by atomic mass is 19.1. The van der Waals surface area contributed by atoms with Crippen molar-refractivity contribution in [1.29, 1.82) is 0 Å². The van der Waals surface area contributed by atoms with Gasteiger partial charge in [-0.2, -0.15) is 0 Å². The summed E-state index contributed by atoms with van der Waals surface area (Å²) in [6.07, 6.45) is 0. The predicted molar refractivity (Wildman–Crippen MR) is 87.1 cm³/mol. The van der Waals surface area contributed by atoms with Gasteiger partial charge in [0, 0.05) is 24.3 Å². The number of nitrogens with zero attached hydrogens (tertiary/aromatic N) is 1. The van der Waals surface area contributed by atoms with Crippen molar-refractivity contribution in [2.45, 2.75) is 25.9 Å². The van der Waals surface area contributed by atoms with E-state index < -0.39 is 0 Å². The molecule has 0 aliphatic heterocycles. The van der Waals surface area contributed by atoms with Gasteiger partial charge in [-0.3, -0.25) is 0 Å². The van der Waals surface area contributed by atoms with Crippen molar-refractivity contribution >= 4 is 5.69 Å². The van der Waals surface area contributed by atoms with Crippen molar-refractivity contribution < 1.29 is 4.39 Å². The molecule has 0 aliphatic rings. The molecule has 3 heteroatoms. The van der Waals surface area contributed by atoms with Crippen LogP contribution in [-0.4, -0.2) is 14.1 Å². The normalized spacial score (nSPS) is 13.8. The summed E-state index contributed by atoms with van der Waals surface area (Å²) in [7, 11) is 3.94. The lowest BCUT2D eigenvalue weighted by atomic mass is 10.0. The van der Waals surface area contributed by atoms with Gasteiger partial charge in [0.15, 0.2) is 0 Å². The van der Waals surface area contributed by atoms with Gasteiger partial charge in [0.2, 0.25) is 0 Å². The first kappa shape index (κ1) is 15.5. The molecule has 0 saturated carbocycles. The molecule has 0 saturated heterocycles. The van der Waals surface area contributed by atoms with E-state index in [1.807, 2.05) is 33.2 Å². The Balaban J connectivity index is 2.20. The summed E-state index contributed by atoms with van der Waals surface area (Å²) in [4.78, 5) is 2.09. The molecule has 21 heavy (non-hydrogen) atoms. The van der Waals surface area contributed by atoms with Crippen molar-refractivity contribution in [3.8, 4) is 0 Å². The molecule has 0 spiro atoms. The number of hydrogen-bond donors (Lipinski definition) is 1. The van der Waals surface area contributed by atoms with Gasteiger partial charge >= 0.3 is 0 Å². The molecule has 2 aromatic carbocycles. The van der Waals surface area contributed by atoms with Crippen molar-refractivity contribution in [2.75, 3.05) is 19.0 Å². The molecule has 2 rings (SSSR count). The molecular formula is C18H23FN2. The second-order valence-electron chi connectivity index (χ2n) is 5.41. The Morgan fingerprint density at radius 3 is 2.19 bits per heavy atom. The maximum absolute atomic E-state index is 13.9. The van der Waals surface area contributed by atoms with E-state index in [0.29, 0.717) is 11.6 Å². The van der Waals surface area contributed by atoms with E-state index in [2.05, 4.69) is 41.4 Å². The van der Waals surface area contributed by atoms with Crippen LogP contribution in [0.25, 0.3) is 0 Å². The Morgan fingerprint density at radius 1 is 1.00 bits per heavy atom. The van der Waals surface area contributed by atoms with Gasteiger partial charge in [-0.25, -0.2) is 4.39 Å². The third-order valence-electron chi connectivity index (χ3n) is 4.17. The van der Waals surface area contributed by atoms with E-state index in [1.165, 1.54) is 11.6 Å². The summed E-state index contributed by atoms with van der Waals surface area (Å²) >= 11 is 0. The molecule has 0 fully saturated rings. The van der Waals surface area contributed by atoms with E-state index in [4.69, 9.17) is 0 Å². The van der Waals surface area contributed by atoms with Crippen molar-refractivity contribution in [2.24, 2.45) is 0 Å². The minimum atomic E-state index is -0.155. The highest BCUT2D eigenvalue weighted by molar-refractivity contribution is 5.49. The van der Waals surface area contributed by atoms with Gasteiger partial charge in [-0.05, 0) is 44.7 Å². The fraction of sp³-hybridized carbons (Fsp3) is 0.333. The van der Waals surface area contributed by atoms with Crippen LogP contribution in [0.2, 0.25) is 0 Å². The fourth-order valence-corrected chi connectivity index (χ4v) is 2.41. The summed E-state index contributed by atoms with van der Waals surface area (Å²) in [5.41, 5.74) is 3.04. The number of anilines is 1. The first-order valence-corrected chi connectivity index (χ1v) is 7.29. The third kappa shape index (κ3) is 3.42. The van der Waals surface area contributed by atoms with E-state index in [-0.39, 0.29) is 11.9 Å². The van der Waals surface area contributed by atoms with E-state index in [1.54, 1.807) is 6.07 Å². The van der Waals surface area contributed by atoms with Crippen LogP contribution < -0.4 is 10.2 Å². The zero-order chi connectivity index (χ0) is 15.4. The molecule has 2 unspecified atom stereocenters. The Labute approximate surface area is 126 Å². The van der Waals surface area contributed by atoms with E-state index in [0.717, 1.165) is 5.69 Å². The zero-order valence-corrected chi connectivity index (χ0v) is 13.1. The number of halogens is 1. The SMILES string of the molecule is CNC(C)c1ccc(N(C)C(C)c2ccccc2F)cc1. The first-order valence-electron chi connectivity index (χ1n) is 7.29. The summed E-state index contributed by atoms with van der Waals surface area (Å²) in [5, 5.41) is 3.22. The lowest BCUT2D eigenvalue weighted by molar-refractivity contribution is 0.585. The predicted octanol–water partition coefficient (Wildman–Crippen LogP) is 4.30. The fourth-order valence-electron chi connectivity index (χ4n) is 2.41. The molecular weight excluding hydrogens is 263 g/mol. The van der Waals surface area contributed by atoms with Gasteiger partial charge in [0.05, 0.1) is 6.04 Å². The van der Waals surface area contributed by atoms with Crippen LogP contribution >= 0.6 is 0 Å². The Bertz CT molecular complexity index is 580. The van der Waals surface area contributed by atoms with Crippen LogP contribution in [0.4, 0.5) is 10.1 Å². The third-order valence-corrected chi connectivity index (χ3v) is 4.17. The molecule has 1 N–H and O–H groups in total. The van der Waals surface area contributed by atoms with Crippen LogP contribution in [-0.2, 0) is 0 Å². The average molecular weight is 286 g/mol. The number of hydrogen-bond acceptors (Lipinski definition) is 2. The summed E-state index contributed by atoms with van der Waals surface area (Å²) in [6, 6.07) is 15.7. The maximum Gasteiger partial charge on any atom is 0.128 e. The van der Waals surface area contributed by atoms with Gasteiger partial charge in [-0.1, -0.05) is 30.3 Å². The van der Waals surface area contributed by atoms with Crippen LogP contribution in [0.5, 0.6) is 0 Å². The number of benzene rings is 2. The second-order valence-corrected chi connectivity index (χ2v) is 5.41. The summed E-state index contributed by atoms with van der Waals surface area (Å²) in [5.74, 6) is -0.155. The molecule has 0 amide bonds. The van der Waals surface area contributed by atoms with E-state index >= 15 is 0 Å². The standard InChI is InChI=1S/C18H23FN2/c1-13(20-3)15-9-11-16(12-10-15)21(4)14(2)17-7-5-6-8-18(17)19/h5-14,20H,1-4H3. The molecule has 0 radical (unpaired) electrons. The van der Waals surface area contributed by atoms with Crippen LogP contribution in [0.1, 0.15) is 37.1 Å². The highest BCUT2D eigenvalue weighted by Gasteiger charge is 2.15. The van der Waals surface area contributed by atoms with Gasteiger partial charge in [0.1, 0.15) is 5.82 Å². The van der Waals surface area contributed by atoms with Crippen LogP contribution in [0.3, 0.4) is 0 Å². The molecule has 0 aromatic heterocycles. The van der Waals surface area contributed by atoms with E-state index in [9.17, 15) is 4.39 Å². The van der Waals surface area contributed by atoms with Gasteiger partial charge in [-0.15, -0.1) is 0 Å². The average Bonchev–Trinajstić information content (AvgIpc) is 2.53. The number of nitrogens with one attached hydrogen (secondary N) is 1. The minimum Gasteiger partial charge on any atom is -0.368 e. The maximum atomic E-state index is 13.9. The Hall–Kier alpha value is -1.87. The molecule has 0 heterocycles. The minimum absolute atomic E-state index is 0.0150. The molecule has 0 bridgehead atoms. The van der Waals surface area contributed by atoms with Crippen LogP contribution in [0.15, 0.2) is 48.5 Å². The monoisotopic (exact) mass is 286 g/mol. The quantitative estimate of drug-likeness (QED) is 0.881. The first-order chi connectivity index (χ1) is 10.0. The molecule has 2 atom stereocenters. The topological polar surface area (TPSA) is 15.3 Å². The number of rotatable bonds is 5. The Morgan fingerprint density at radius 2 is 1.62 bits per heavy atom. The molecule has 112 valence electrons. The molecule has 2 aromatic rings.